The second-order valence-electron chi connectivity index (χ2n) is 6.56. The van der Waals surface area contributed by atoms with Crippen LogP contribution < -0.4 is 9.47 Å². The smallest absolute Gasteiger partial charge is 0.211 e. The molecule has 1 spiro atoms. The molecular formula is C18H21NO4. The van der Waals surface area contributed by atoms with Gasteiger partial charge >= 0.3 is 0 Å². The molecule has 1 N–H and O–H groups in total. The van der Waals surface area contributed by atoms with Gasteiger partial charge in [-0.25, -0.2) is 0 Å². The Kier molecular flexibility index (Phi) is 1.26. The maximum Gasteiger partial charge on any atom is 0.211 e. The van der Waals surface area contributed by atoms with Crippen molar-refractivity contribution in [3.05, 3.63) is 23.3 Å². The third kappa shape index (κ3) is 1.32. The lowest BCUT2D eigenvalue weighted by atomic mass is 9.49. The summed E-state index contributed by atoms with van der Waals surface area (Å²) in [4.78, 5) is 14.1. The first-order valence-corrected chi connectivity index (χ1v) is 7.57. The molecule has 0 radical (unpaired) electrons. The largest absolute Gasteiger partial charge is 0.493 e. The van der Waals surface area contributed by atoms with Crippen molar-refractivity contribution < 1.29 is 31.7 Å². The summed E-state index contributed by atoms with van der Waals surface area (Å²) in [5.41, 5.74) is -3.64. The molecule has 23 heavy (non-hydrogen) atoms. The number of aliphatic hydroxyl groups is 1. The van der Waals surface area contributed by atoms with E-state index in [0.717, 1.165) is 4.90 Å². The predicted molar refractivity (Wildman–Crippen MR) is 83.0 cm³/mol. The number of likely N-dealkylation sites (tertiary alicyclic amines) is 1. The minimum Gasteiger partial charge on any atom is -0.493 e. The van der Waals surface area contributed by atoms with Crippen LogP contribution in [0.25, 0.3) is 0 Å². The molecule has 2 aliphatic heterocycles. The molecule has 0 amide bonds. The van der Waals surface area contributed by atoms with Gasteiger partial charge < -0.3 is 19.5 Å². The van der Waals surface area contributed by atoms with Crippen LogP contribution in [0.1, 0.15) is 42.7 Å². The minimum atomic E-state index is -2.89. The number of ether oxygens (including phenoxy) is 2. The number of ketones is 1. The Balaban J connectivity index is 1.89. The lowest BCUT2D eigenvalue weighted by molar-refractivity contribution is -0.185. The number of Topliss-reactive ketones (excluding diaryl/α,β-unsaturated/α-hetero) is 1. The molecule has 4 aliphatic rings. The molecule has 1 unspecified atom stereocenters. The van der Waals surface area contributed by atoms with E-state index in [1.165, 1.54) is 12.1 Å². The van der Waals surface area contributed by atoms with E-state index < -0.39 is 49.3 Å². The van der Waals surface area contributed by atoms with Crippen molar-refractivity contribution in [2.24, 2.45) is 0 Å². The van der Waals surface area contributed by atoms with E-state index in [0.29, 0.717) is 0 Å². The number of methoxy groups -OCH3 is 1. The molecule has 5 rings (SSSR count). The second kappa shape index (κ2) is 4.08. The molecular weight excluding hydrogens is 294 g/mol. The lowest BCUT2D eigenvalue weighted by Gasteiger charge is -2.62. The van der Waals surface area contributed by atoms with Crippen LogP contribution in [0.5, 0.6) is 11.5 Å². The quantitative estimate of drug-likeness (QED) is 0.881. The van der Waals surface area contributed by atoms with Gasteiger partial charge in [-0.3, -0.25) is 4.79 Å². The predicted octanol–water partition coefficient (Wildman–Crippen LogP) is 1.05. The van der Waals surface area contributed by atoms with Crippen molar-refractivity contribution in [3.8, 4) is 11.5 Å². The maximum atomic E-state index is 13.1. The number of carbonyl (C=O) groups excluding carboxylic acids is 1. The van der Waals surface area contributed by atoms with Crippen LogP contribution >= 0.6 is 0 Å². The molecule has 2 fully saturated rings. The van der Waals surface area contributed by atoms with Crippen molar-refractivity contribution in [1.82, 2.24) is 4.90 Å². The molecule has 1 saturated carbocycles. The molecule has 2 aliphatic carbocycles. The van der Waals surface area contributed by atoms with Crippen LogP contribution in [0.2, 0.25) is 0 Å². The van der Waals surface area contributed by atoms with E-state index in [-0.39, 0.29) is 48.4 Å². The first-order valence-electron chi connectivity index (χ1n) is 12.5. The number of carbonyl (C=O) groups is 1. The third-order valence-electron chi connectivity index (χ3n) is 5.72. The van der Waals surface area contributed by atoms with Crippen LogP contribution in [0.4, 0.5) is 0 Å². The summed E-state index contributed by atoms with van der Waals surface area (Å²) >= 11 is 0. The van der Waals surface area contributed by atoms with E-state index in [1.807, 2.05) is 0 Å². The number of benzene rings is 1. The van der Waals surface area contributed by atoms with E-state index in [1.54, 1.807) is 0 Å². The van der Waals surface area contributed by atoms with E-state index in [9.17, 15) is 4.79 Å². The number of hydrogen-bond donors (Lipinski definition) is 1. The first kappa shape index (κ1) is 7.11. The van der Waals surface area contributed by atoms with Crippen molar-refractivity contribution in [3.63, 3.8) is 0 Å². The van der Waals surface area contributed by atoms with Gasteiger partial charge in [0, 0.05) is 24.9 Å². The number of nitrogens with zero attached hydrogens (tertiary/aromatic N) is 1. The van der Waals surface area contributed by atoms with Crippen LogP contribution in [-0.2, 0) is 16.6 Å². The molecule has 122 valence electrons. The number of piperidine rings is 1. The van der Waals surface area contributed by atoms with Gasteiger partial charge in [-0.15, -0.1) is 0 Å². The number of likely N-dealkylation sites (N-methyl/N-ethyl adjacent to an activating group) is 1. The molecule has 2 heterocycles. The first-order chi connectivity index (χ1) is 15.1. The SMILES string of the molecule is [2H]O[C@@]12CCC(=O)C3([2H])Oc4c(OC([2H])([2H])[2H])ccc5c4[C@@]31CCN(C([2H])([2H])[2H])[C@@H]2C5([2H])[2H]. The van der Waals surface area contributed by atoms with Gasteiger partial charge in [0.25, 0.3) is 0 Å². The van der Waals surface area contributed by atoms with Gasteiger partial charge in [0.05, 0.1) is 23.5 Å². The number of hydrogen-bond acceptors (Lipinski definition) is 5. The monoisotopic (exact) mass is 325 g/mol. The minimum absolute atomic E-state index is 0.0363. The highest BCUT2D eigenvalue weighted by molar-refractivity contribution is 5.90. The standard InChI is InChI=1S/C18H21NO4/c1-19-8-7-17-14-10-3-4-12(22-2)15(14)23-16(17)11(20)5-6-18(17,21)13(19)9-10/h3-4,13,16,21H,5-9H2,1-2H3/t13-,16?,17+,18-/m1/s1/i1D3,2D3,9D2,16D,21D. The molecule has 1 aromatic rings. The Hall–Kier alpha value is -1.59. The van der Waals surface area contributed by atoms with Gasteiger partial charge in [0.2, 0.25) is 1.43 Å². The summed E-state index contributed by atoms with van der Waals surface area (Å²) in [6.07, 6.45) is -5.42. The highest BCUT2D eigenvalue weighted by Gasteiger charge is 2.72. The highest BCUT2D eigenvalue weighted by Crippen LogP contribution is 2.64. The zero-order valence-electron chi connectivity index (χ0n) is 22.1. The van der Waals surface area contributed by atoms with Crippen LogP contribution in [0.3, 0.4) is 0 Å². The van der Waals surface area contributed by atoms with Gasteiger partial charge in [-0.05, 0) is 44.4 Å². The van der Waals surface area contributed by atoms with Gasteiger partial charge in [-0.2, -0.15) is 0 Å². The summed E-state index contributed by atoms with van der Waals surface area (Å²) in [6, 6.07) is 0.933. The van der Waals surface area contributed by atoms with Gasteiger partial charge in [0.15, 0.2) is 23.4 Å². The van der Waals surface area contributed by atoms with Crippen molar-refractivity contribution in [2.45, 2.75) is 48.8 Å². The molecule has 1 saturated heterocycles. The van der Waals surface area contributed by atoms with Crippen molar-refractivity contribution >= 4 is 5.78 Å². The molecule has 2 bridgehead atoms. The highest BCUT2D eigenvalue weighted by atomic mass is 16.5. The Labute approximate surface area is 149 Å². The average Bonchev–Trinajstić information content (AvgIpc) is 2.96. The fraction of sp³-hybridized carbons (Fsp3) is 0.611. The average molecular weight is 325 g/mol. The van der Waals surface area contributed by atoms with Crippen LogP contribution in [-0.4, -0.2) is 55.5 Å². The Morgan fingerprint density at radius 2 is 2.57 bits per heavy atom. The van der Waals surface area contributed by atoms with Crippen LogP contribution in [0.15, 0.2) is 12.1 Å². The summed E-state index contributed by atoms with van der Waals surface area (Å²) in [5.74, 6) is -1.18. The maximum absolute atomic E-state index is 13.1. The number of rotatable bonds is 2. The van der Waals surface area contributed by atoms with Gasteiger partial charge in [-0.1, -0.05) is 6.07 Å². The van der Waals surface area contributed by atoms with E-state index in [2.05, 4.69) is 0 Å². The fourth-order valence-corrected chi connectivity index (χ4v) is 4.75. The van der Waals surface area contributed by atoms with Crippen molar-refractivity contribution in [2.75, 3.05) is 20.6 Å². The molecule has 5 nitrogen and oxygen atoms in total. The molecule has 0 aromatic heterocycles. The second-order valence-corrected chi connectivity index (χ2v) is 6.56. The Bertz CT molecular complexity index is 1060. The third-order valence-corrected chi connectivity index (χ3v) is 5.72. The lowest BCUT2D eigenvalue weighted by Crippen LogP contribution is -2.76. The Morgan fingerprint density at radius 3 is 3.39 bits per heavy atom. The van der Waals surface area contributed by atoms with E-state index in [4.69, 9.17) is 28.4 Å². The normalized spacial score (nSPS) is 53.4. The van der Waals surface area contributed by atoms with Crippen molar-refractivity contribution in [1.29, 1.82) is 1.43 Å². The zero-order valence-corrected chi connectivity index (χ0v) is 12.1. The topological polar surface area (TPSA) is 59.0 Å². The summed E-state index contributed by atoms with van der Waals surface area (Å²) in [7, 11) is -2.89. The summed E-state index contributed by atoms with van der Waals surface area (Å²) in [5, 5.41) is 5.23. The zero-order chi connectivity index (χ0) is 24.4. The fourth-order valence-electron chi connectivity index (χ4n) is 4.75. The molecule has 4 atom stereocenters. The van der Waals surface area contributed by atoms with Crippen LogP contribution in [0, 0.1) is 0 Å². The summed E-state index contributed by atoms with van der Waals surface area (Å²) < 4.78 is 92.5. The Morgan fingerprint density at radius 1 is 1.61 bits per heavy atom. The van der Waals surface area contributed by atoms with E-state index >= 15 is 0 Å². The molecule has 5 heteroatoms. The van der Waals surface area contributed by atoms with Gasteiger partial charge in [0.1, 0.15) is 0 Å². The molecule has 1 aromatic carbocycles. The summed E-state index contributed by atoms with van der Waals surface area (Å²) in [6.45, 7) is -2.95.